The average molecular weight is 237 g/mol. The van der Waals surface area contributed by atoms with Crippen LogP contribution in [0.15, 0.2) is 18.2 Å². The van der Waals surface area contributed by atoms with Gasteiger partial charge in [0.05, 0.1) is 14.2 Å². The first-order valence-electron chi connectivity index (χ1n) is 5.98. The summed E-state index contributed by atoms with van der Waals surface area (Å²) in [5, 5.41) is 0. The van der Waals surface area contributed by atoms with Crippen molar-refractivity contribution in [1.82, 2.24) is 0 Å². The van der Waals surface area contributed by atoms with Crippen LogP contribution in [-0.2, 0) is 0 Å². The minimum absolute atomic E-state index is 0.0416. The van der Waals surface area contributed by atoms with Gasteiger partial charge in [-0.05, 0) is 30.0 Å². The molecule has 0 fully saturated rings. The Bertz CT molecular complexity index is 363. The molecule has 0 aliphatic carbocycles. The summed E-state index contributed by atoms with van der Waals surface area (Å²) < 4.78 is 10.6. The monoisotopic (exact) mass is 237 g/mol. The number of nitrogens with two attached hydrogens (primary N) is 1. The Morgan fingerprint density at radius 3 is 2.18 bits per heavy atom. The zero-order valence-electron chi connectivity index (χ0n) is 11.4. The van der Waals surface area contributed by atoms with Crippen molar-refractivity contribution in [2.45, 2.75) is 26.8 Å². The Hall–Kier alpha value is -1.22. The molecule has 1 rings (SSSR count). The molecule has 0 radical (unpaired) electrons. The third kappa shape index (κ3) is 3.13. The Morgan fingerprint density at radius 2 is 1.71 bits per heavy atom. The second-order valence-corrected chi connectivity index (χ2v) is 4.74. The van der Waals surface area contributed by atoms with E-state index in [-0.39, 0.29) is 6.04 Å². The van der Waals surface area contributed by atoms with Gasteiger partial charge in [-0.2, -0.15) is 0 Å². The molecule has 1 aromatic carbocycles. The first-order chi connectivity index (χ1) is 8.01. The van der Waals surface area contributed by atoms with Crippen molar-refractivity contribution in [1.29, 1.82) is 0 Å². The molecule has 3 heteroatoms. The Labute approximate surface area is 104 Å². The summed E-state index contributed by atoms with van der Waals surface area (Å²) in [6.45, 7) is 6.52. The lowest BCUT2D eigenvalue weighted by atomic mass is 9.86. The highest BCUT2D eigenvalue weighted by Gasteiger charge is 2.21. The smallest absolute Gasteiger partial charge is 0.123 e. The summed E-state index contributed by atoms with van der Waals surface area (Å²) in [5.74, 6) is 2.55. The zero-order chi connectivity index (χ0) is 13.0. The second kappa shape index (κ2) is 5.92. The summed E-state index contributed by atoms with van der Waals surface area (Å²) in [6.07, 6.45) is 0. The number of hydrogen-bond acceptors (Lipinski definition) is 3. The number of rotatable bonds is 5. The molecule has 3 nitrogen and oxygen atoms in total. The van der Waals surface area contributed by atoms with Crippen molar-refractivity contribution in [2.75, 3.05) is 14.2 Å². The molecule has 2 N–H and O–H groups in total. The lowest BCUT2D eigenvalue weighted by Gasteiger charge is -2.25. The van der Waals surface area contributed by atoms with Crippen LogP contribution in [0.3, 0.4) is 0 Å². The highest BCUT2D eigenvalue weighted by Crippen LogP contribution is 2.34. The van der Waals surface area contributed by atoms with E-state index in [4.69, 9.17) is 15.2 Å². The number of benzene rings is 1. The van der Waals surface area contributed by atoms with Crippen LogP contribution in [-0.4, -0.2) is 14.2 Å². The predicted octanol–water partition coefficient (Wildman–Crippen LogP) is 3.00. The minimum atomic E-state index is -0.0416. The van der Waals surface area contributed by atoms with Gasteiger partial charge in [-0.25, -0.2) is 0 Å². The maximum atomic E-state index is 6.30. The molecular weight excluding hydrogens is 214 g/mol. The first-order valence-corrected chi connectivity index (χ1v) is 5.98. The van der Waals surface area contributed by atoms with E-state index in [2.05, 4.69) is 20.8 Å². The van der Waals surface area contributed by atoms with Gasteiger partial charge in [0, 0.05) is 11.6 Å². The van der Waals surface area contributed by atoms with Gasteiger partial charge >= 0.3 is 0 Å². The SMILES string of the molecule is COc1ccc(OC)c(C(N)C(C)C(C)C)c1. The first kappa shape index (κ1) is 13.8. The molecule has 0 bridgehead atoms. The van der Waals surface area contributed by atoms with Gasteiger partial charge < -0.3 is 15.2 Å². The van der Waals surface area contributed by atoms with Crippen LogP contribution in [0.4, 0.5) is 0 Å². The third-order valence-corrected chi connectivity index (χ3v) is 3.41. The Morgan fingerprint density at radius 1 is 1.06 bits per heavy atom. The molecule has 96 valence electrons. The predicted molar refractivity (Wildman–Crippen MR) is 70.5 cm³/mol. The fraction of sp³-hybridized carbons (Fsp3) is 0.571. The van der Waals surface area contributed by atoms with E-state index in [0.29, 0.717) is 11.8 Å². The Balaban J connectivity index is 3.09. The van der Waals surface area contributed by atoms with Gasteiger partial charge in [-0.15, -0.1) is 0 Å². The largest absolute Gasteiger partial charge is 0.497 e. The van der Waals surface area contributed by atoms with Crippen LogP contribution in [0.2, 0.25) is 0 Å². The van der Waals surface area contributed by atoms with E-state index in [1.165, 1.54) is 0 Å². The van der Waals surface area contributed by atoms with Crippen LogP contribution in [0, 0.1) is 11.8 Å². The van der Waals surface area contributed by atoms with E-state index in [1.54, 1.807) is 14.2 Å². The molecule has 17 heavy (non-hydrogen) atoms. The summed E-state index contributed by atoms with van der Waals surface area (Å²) in [6, 6.07) is 5.71. The molecule has 0 saturated carbocycles. The number of methoxy groups -OCH3 is 2. The molecule has 0 aromatic heterocycles. The van der Waals surface area contributed by atoms with Crippen molar-refractivity contribution in [2.24, 2.45) is 17.6 Å². The van der Waals surface area contributed by atoms with Crippen molar-refractivity contribution >= 4 is 0 Å². The molecule has 2 atom stereocenters. The molecule has 0 spiro atoms. The highest BCUT2D eigenvalue weighted by molar-refractivity contribution is 5.42. The topological polar surface area (TPSA) is 44.5 Å². The molecular formula is C14H23NO2. The van der Waals surface area contributed by atoms with Gasteiger partial charge in [0.1, 0.15) is 11.5 Å². The number of hydrogen-bond donors (Lipinski definition) is 1. The summed E-state index contributed by atoms with van der Waals surface area (Å²) in [4.78, 5) is 0. The molecule has 0 amide bonds. The molecule has 0 aliphatic heterocycles. The zero-order valence-corrected chi connectivity index (χ0v) is 11.4. The van der Waals surface area contributed by atoms with Gasteiger partial charge in [-0.3, -0.25) is 0 Å². The Kier molecular flexibility index (Phi) is 4.82. The fourth-order valence-corrected chi connectivity index (χ4v) is 1.80. The lowest BCUT2D eigenvalue weighted by Crippen LogP contribution is -2.23. The van der Waals surface area contributed by atoms with Gasteiger partial charge in [-0.1, -0.05) is 20.8 Å². The van der Waals surface area contributed by atoms with Crippen LogP contribution >= 0.6 is 0 Å². The number of ether oxygens (including phenoxy) is 2. The minimum Gasteiger partial charge on any atom is -0.497 e. The van der Waals surface area contributed by atoms with Gasteiger partial charge in [0.2, 0.25) is 0 Å². The summed E-state index contributed by atoms with van der Waals surface area (Å²) >= 11 is 0. The van der Waals surface area contributed by atoms with E-state index in [9.17, 15) is 0 Å². The summed E-state index contributed by atoms with van der Waals surface area (Å²) in [7, 11) is 3.32. The molecule has 0 saturated heterocycles. The van der Waals surface area contributed by atoms with Crippen LogP contribution in [0.25, 0.3) is 0 Å². The third-order valence-electron chi connectivity index (χ3n) is 3.41. The maximum Gasteiger partial charge on any atom is 0.123 e. The fourth-order valence-electron chi connectivity index (χ4n) is 1.80. The molecule has 1 aromatic rings. The maximum absolute atomic E-state index is 6.30. The normalized spacial score (nSPS) is 14.5. The van der Waals surface area contributed by atoms with E-state index >= 15 is 0 Å². The molecule has 0 aliphatic rings. The van der Waals surface area contributed by atoms with E-state index < -0.39 is 0 Å². The quantitative estimate of drug-likeness (QED) is 0.856. The lowest BCUT2D eigenvalue weighted by molar-refractivity contribution is 0.335. The second-order valence-electron chi connectivity index (χ2n) is 4.74. The molecule has 2 unspecified atom stereocenters. The summed E-state index contributed by atoms with van der Waals surface area (Å²) in [5.41, 5.74) is 7.31. The standard InChI is InChI=1S/C14H23NO2/c1-9(2)10(3)14(15)12-8-11(16-4)6-7-13(12)17-5/h6-10,14H,15H2,1-5H3. The van der Waals surface area contributed by atoms with Crippen LogP contribution in [0.1, 0.15) is 32.4 Å². The average Bonchev–Trinajstić information content (AvgIpc) is 2.35. The van der Waals surface area contributed by atoms with Gasteiger partial charge in [0.15, 0.2) is 0 Å². The van der Waals surface area contributed by atoms with Crippen molar-refractivity contribution in [3.63, 3.8) is 0 Å². The van der Waals surface area contributed by atoms with Crippen molar-refractivity contribution < 1.29 is 9.47 Å². The van der Waals surface area contributed by atoms with Crippen LogP contribution < -0.4 is 15.2 Å². The van der Waals surface area contributed by atoms with E-state index in [0.717, 1.165) is 17.1 Å². The molecule has 0 heterocycles. The van der Waals surface area contributed by atoms with E-state index in [1.807, 2.05) is 18.2 Å². The van der Waals surface area contributed by atoms with Crippen LogP contribution in [0.5, 0.6) is 11.5 Å². The van der Waals surface area contributed by atoms with Gasteiger partial charge in [0.25, 0.3) is 0 Å². The van der Waals surface area contributed by atoms with Crippen molar-refractivity contribution in [3.05, 3.63) is 23.8 Å². The highest BCUT2D eigenvalue weighted by atomic mass is 16.5. The van der Waals surface area contributed by atoms with Crippen molar-refractivity contribution in [3.8, 4) is 11.5 Å².